The van der Waals surface area contributed by atoms with Gasteiger partial charge in [-0.1, -0.05) is 48.0 Å². The highest BCUT2D eigenvalue weighted by Gasteiger charge is 2.16. The van der Waals surface area contributed by atoms with Gasteiger partial charge < -0.3 is 10.6 Å². The van der Waals surface area contributed by atoms with Crippen molar-refractivity contribution in [2.24, 2.45) is 0 Å². The zero-order valence-electron chi connectivity index (χ0n) is 16.1. The highest BCUT2D eigenvalue weighted by Crippen LogP contribution is 2.21. The van der Waals surface area contributed by atoms with Gasteiger partial charge in [0.1, 0.15) is 11.5 Å². The first kappa shape index (κ1) is 18.6. The van der Waals surface area contributed by atoms with Gasteiger partial charge in [-0.05, 0) is 39.8 Å². The molecular weight excluding hydrogens is 336 g/mol. The van der Waals surface area contributed by atoms with Crippen molar-refractivity contribution in [3.8, 4) is 11.4 Å². The Morgan fingerprint density at radius 1 is 0.926 bits per heavy atom. The number of hydrogen-bond donors (Lipinski definition) is 2. The van der Waals surface area contributed by atoms with Crippen molar-refractivity contribution in [3.63, 3.8) is 0 Å². The molecule has 0 unspecified atom stereocenters. The zero-order chi connectivity index (χ0) is 19.4. The molecule has 1 aromatic heterocycles. The van der Waals surface area contributed by atoms with Gasteiger partial charge >= 0.3 is 0 Å². The molecule has 2 N–H and O–H groups in total. The summed E-state index contributed by atoms with van der Waals surface area (Å²) < 4.78 is 0. The van der Waals surface area contributed by atoms with Crippen LogP contribution in [0.3, 0.4) is 0 Å². The minimum Gasteiger partial charge on any atom is -0.365 e. The Bertz CT molecular complexity index is 929. The summed E-state index contributed by atoms with van der Waals surface area (Å²) in [7, 11) is 0. The first-order valence-corrected chi connectivity index (χ1v) is 8.91. The molecule has 0 aliphatic carbocycles. The third kappa shape index (κ3) is 5.14. The molecule has 3 aromatic rings. The lowest BCUT2D eigenvalue weighted by Gasteiger charge is -2.22. The number of carbonyl (C=O) groups excluding carboxylic acids is 1. The Hall–Kier alpha value is -3.21. The third-order valence-electron chi connectivity index (χ3n) is 3.80. The number of aromatic nitrogens is 2. The monoisotopic (exact) mass is 360 g/mol. The molecular formula is C22H24N4O. The molecule has 1 heterocycles. The SMILES string of the molecule is Cc1ccc(NC(=O)c2cc(NC(C)(C)C)nc(-c3ccccc3)n2)cc1. The molecule has 0 saturated carbocycles. The predicted octanol–water partition coefficient (Wildman–Crippen LogP) is 4.91. The van der Waals surface area contributed by atoms with Crippen LogP contribution in [0.1, 0.15) is 36.8 Å². The van der Waals surface area contributed by atoms with E-state index in [2.05, 4.69) is 20.6 Å². The van der Waals surface area contributed by atoms with E-state index in [9.17, 15) is 4.79 Å². The Morgan fingerprint density at radius 2 is 1.59 bits per heavy atom. The number of rotatable bonds is 4. The van der Waals surface area contributed by atoms with E-state index in [1.807, 2.05) is 82.3 Å². The fourth-order valence-electron chi connectivity index (χ4n) is 2.56. The summed E-state index contributed by atoms with van der Waals surface area (Å²) in [6.45, 7) is 8.14. The van der Waals surface area contributed by atoms with Crippen molar-refractivity contribution >= 4 is 17.4 Å². The summed E-state index contributed by atoms with van der Waals surface area (Å²) in [4.78, 5) is 21.8. The minimum absolute atomic E-state index is 0.187. The maximum Gasteiger partial charge on any atom is 0.274 e. The van der Waals surface area contributed by atoms with Crippen LogP contribution in [-0.2, 0) is 0 Å². The summed E-state index contributed by atoms with van der Waals surface area (Å²) in [5, 5.41) is 6.22. The average Bonchev–Trinajstić information content (AvgIpc) is 2.62. The van der Waals surface area contributed by atoms with Gasteiger partial charge in [0.25, 0.3) is 5.91 Å². The number of nitrogens with one attached hydrogen (secondary N) is 2. The highest BCUT2D eigenvalue weighted by molar-refractivity contribution is 6.03. The molecule has 2 aromatic carbocycles. The molecule has 0 atom stereocenters. The maximum absolute atomic E-state index is 12.8. The number of carbonyl (C=O) groups is 1. The number of amides is 1. The van der Waals surface area contributed by atoms with Crippen LogP contribution in [0.15, 0.2) is 60.7 Å². The fraction of sp³-hybridized carbons (Fsp3) is 0.227. The Kier molecular flexibility index (Phi) is 5.21. The fourth-order valence-corrected chi connectivity index (χ4v) is 2.56. The van der Waals surface area contributed by atoms with Gasteiger partial charge in [-0.3, -0.25) is 4.79 Å². The largest absolute Gasteiger partial charge is 0.365 e. The van der Waals surface area contributed by atoms with Crippen LogP contribution in [0.5, 0.6) is 0 Å². The van der Waals surface area contributed by atoms with E-state index in [0.717, 1.165) is 16.8 Å². The molecule has 0 saturated heterocycles. The van der Waals surface area contributed by atoms with Gasteiger partial charge in [0.15, 0.2) is 5.82 Å². The Labute approximate surface area is 159 Å². The topological polar surface area (TPSA) is 66.9 Å². The van der Waals surface area contributed by atoms with Crippen LogP contribution < -0.4 is 10.6 Å². The number of anilines is 2. The molecule has 0 bridgehead atoms. The number of benzene rings is 2. The number of aryl methyl sites for hydroxylation is 1. The van der Waals surface area contributed by atoms with Gasteiger partial charge in [-0.25, -0.2) is 9.97 Å². The molecule has 27 heavy (non-hydrogen) atoms. The van der Waals surface area contributed by atoms with E-state index < -0.39 is 0 Å². The van der Waals surface area contributed by atoms with Crippen LogP contribution in [-0.4, -0.2) is 21.4 Å². The number of hydrogen-bond acceptors (Lipinski definition) is 4. The molecule has 1 amide bonds. The molecule has 0 aliphatic heterocycles. The van der Waals surface area contributed by atoms with E-state index in [0.29, 0.717) is 17.3 Å². The first-order chi connectivity index (χ1) is 12.8. The lowest BCUT2D eigenvalue weighted by atomic mass is 10.1. The molecule has 0 spiro atoms. The summed E-state index contributed by atoms with van der Waals surface area (Å²) in [5.74, 6) is 0.861. The van der Waals surface area contributed by atoms with E-state index >= 15 is 0 Å². The normalized spacial score (nSPS) is 11.1. The average molecular weight is 360 g/mol. The van der Waals surface area contributed by atoms with E-state index in [4.69, 9.17) is 0 Å². The molecule has 5 heteroatoms. The van der Waals surface area contributed by atoms with Gasteiger partial charge in [0, 0.05) is 22.9 Å². The van der Waals surface area contributed by atoms with Crippen LogP contribution in [0.4, 0.5) is 11.5 Å². The molecule has 0 fully saturated rings. The van der Waals surface area contributed by atoms with E-state index in [1.54, 1.807) is 6.07 Å². The minimum atomic E-state index is -0.268. The second-order valence-electron chi connectivity index (χ2n) is 7.52. The molecule has 0 aliphatic rings. The van der Waals surface area contributed by atoms with Crippen molar-refractivity contribution in [1.82, 2.24) is 9.97 Å². The van der Waals surface area contributed by atoms with Crippen molar-refractivity contribution in [2.75, 3.05) is 10.6 Å². The summed E-state index contributed by atoms with van der Waals surface area (Å²) in [6.07, 6.45) is 0. The summed E-state index contributed by atoms with van der Waals surface area (Å²) in [6, 6.07) is 19.0. The molecule has 0 radical (unpaired) electrons. The highest BCUT2D eigenvalue weighted by atomic mass is 16.1. The second-order valence-corrected chi connectivity index (χ2v) is 7.52. The van der Waals surface area contributed by atoms with Crippen LogP contribution in [0.25, 0.3) is 11.4 Å². The van der Waals surface area contributed by atoms with Crippen molar-refractivity contribution in [1.29, 1.82) is 0 Å². The summed E-state index contributed by atoms with van der Waals surface area (Å²) in [5.41, 5.74) is 2.86. The number of nitrogens with zero attached hydrogens (tertiary/aromatic N) is 2. The van der Waals surface area contributed by atoms with Crippen molar-refractivity contribution < 1.29 is 4.79 Å². The lowest BCUT2D eigenvalue weighted by molar-refractivity contribution is 0.102. The first-order valence-electron chi connectivity index (χ1n) is 8.91. The van der Waals surface area contributed by atoms with Crippen molar-refractivity contribution in [3.05, 3.63) is 71.9 Å². The van der Waals surface area contributed by atoms with Gasteiger partial charge in [0.05, 0.1) is 0 Å². The van der Waals surface area contributed by atoms with Gasteiger partial charge in [-0.15, -0.1) is 0 Å². The van der Waals surface area contributed by atoms with Crippen LogP contribution in [0.2, 0.25) is 0 Å². The van der Waals surface area contributed by atoms with Crippen LogP contribution in [0, 0.1) is 6.92 Å². The standard InChI is InChI=1S/C22H24N4O/c1-15-10-12-17(13-11-15)23-21(27)18-14-19(26-22(2,3)4)25-20(24-18)16-8-6-5-7-9-16/h5-14H,1-4H3,(H,23,27)(H,24,25,26). The smallest absolute Gasteiger partial charge is 0.274 e. The van der Waals surface area contributed by atoms with Gasteiger partial charge in [0.2, 0.25) is 0 Å². The van der Waals surface area contributed by atoms with Crippen LogP contribution >= 0.6 is 0 Å². The van der Waals surface area contributed by atoms with Crippen molar-refractivity contribution in [2.45, 2.75) is 33.2 Å². The quantitative estimate of drug-likeness (QED) is 0.693. The Morgan fingerprint density at radius 3 is 2.22 bits per heavy atom. The Balaban J connectivity index is 1.96. The second kappa shape index (κ2) is 7.58. The van der Waals surface area contributed by atoms with E-state index in [1.165, 1.54) is 0 Å². The summed E-state index contributed by atoms with van der Waals surface area (Å²) >= 11 is 0. The van der Waals surface area contributed by atoms with Gasteiger partial charge in [-0.2, -0.15) is 0 Å². The predicted molar refractivity (Wildman–Crippen MR) is 110 cm³/mol. The lowest BCUT2D eigenvalue weighted by Crippen LogP contribution is -2.27. The third-order valence-corrected chi connectivity index (χ3v) is 3.80. The molecule has 138 valence electrons. The van der Waals surface area contributed by atoms with E-state index in [-0.39, 0.29) is 11.4 Å². The molecule has 3 rings (SSSR count). The zero-order valence-corrected chi connectivity index (χ0v) is 16.1. The maximum atomic E-state index is 12.8. The molecule has 5 nitrogen and oxygen atoms in total.